The standard InChI is InChI=1S/C10H10FNO5/c1-17-9(10(13)14)5-6-4-7(12(15)16)2-3-8(6)11/h2-4,9H,5H2,1H3,(H,13,14). The first kappa shape index (κ1) is 13.0. The van der Waals surface area contributed by atoms with Crippen LogP contribution in [0.4, 0.5) is 10.1 Å². The van der Waals surface area contributed by atoms with Gasteiger partial charge in [-0.3, -0.25) is 10.1 Å². The van der Waals surface area contributed by atoms with E-state index in [4.69, 9.17) is 5.11 Å². The summed E-state index contributed by atoms with van der Waals surface area (Å²) in [5, 5.41) is 19.2. The van der Waals surface area contributed by atoms with Crippen molar-refractivity contribution >= 4 is 11.7 Å². The number of rotatable bonds is 5. The Bertz CT molecular complexity index is 448. The molecule has 1 aromatic carbocycles. The number of nitro benzene ring substituents is 1. The van der Waals surface area contributed by atoms with E-state index < -0.39 is 22.8 Å². The predicted molar refractivity (Wildman–Crippen MR) is 55.2 cm³/mol. The normalized spacial score (nSPS) is 12.1. The second-order valence-corrected chi connectivity index (χ2v) is 3.30. The van der Waals surface area contributed by atoms with Gasteiger partial charge < -0.3 is 9.84 Å². The Labute approximate surface area is 95.8 Å². The zero-order valence-corrected chi connectivity index (χ0v) is 8.92. The number of hydrogen-bond donors (Lipinski definition) is 1. The molecule has 0 heterocycles. The van der Waals surface area contributed by atoms with Crippen LogP contribution in [0.2, 0.25) is 0 Å². The second-order valence-electron chi connectivity index (χ2n) is 3.30. The van der Waals surface area contributed by atoms with Crippen LogP contribution in [-0.4, -0.2) is 29.2 Å². The maximum absolute atomic E-state index is 13.3. The van der Waals surface area contributed by atoms with Gasteiger partial charge in [0.15, 0.2) is 6.10 Å². The molecular weight excluding hydrogens is 233 g/mol. The minimum absolute atomic E-state index is 0.0616. The van der Waals surface area contributed by atoms with E-state index in [1.807, 2.05) is 0 Å². The van der Waals surface area contributed by atoms with E-state index >= 15 is 0 Å². The summed E-state index contributed by atoms with van der Waals surface area (Å²) in [7, 11) is 1.17. The number of ether oxygens (including phenoxy) is 1. The van der Waals surface area contributed by atoms with Crippen molar-refractivity contribution in [1.29, 1.82) is 0 Å². The number of carbonyl (C=O) groups is 1. The highest BCUT2D eigenvalue weighted by atomic mass is 19.1. The van der Waals surface area contributed by atoms with Crippen molar-refractivity contribution in [2.75, 3.05) is 7.11 Å². The Morgan fingerprint density at radius 1 is 1.65 bits per heavy atom. The van der Waals surface area contributed by atoms with Crippen LogP contribution in [0.5, 0.6) is 0 Å². The van der Waals surface area contributed by atoms with Crippen LogP contribution in [0.25, 0.3) is 0 Å². The van der Waals surface area contributed by atoms with Gasteiger partial charge in [-0.15, -0.1) is 0 Å². The topological polar surface area (TPSA) is 89.7 Å². The van der Waals surface area contributed by atoms with Gasteiger partial charge in [-0.25, -0.2) is 9.18 Å². The van der Waals surface area contributed by atoms with E-state index in [-0.39, 0.29) is 17.7 Å². The highest BCUT2D eigenvalue weighted by Gasteiger charge is 2.20. The maximum atomic E-state index is 13.3. The van der Waals surface area contributed by atoms with E-state index in [1.165, 1.54) is 7.11 Å². The number of benzene rings is 1. The first-order valence-corrected chi connectivity index (χ1v) is 4.64. The number of nitro groups is 1. The van der Waals surface area contributed by atoms with Gasteiger partial charge in [0.25, 0.3) is 5.69 Å². The van der Waals surface area contributed by atoms with Crippen LogP contribution in [0.1, 0.15) is 5.56 Å². The molecule has 1 aromatic rings. The molecule has 0 aliphatic carbocycles. The molecule has 17 heavy (non-hydrogen) atoms. The zero-order chi connectivity index (χ0) is 13.0. The minimum atomic E-state index is -1.25. The van der Waals surface area contributed by atoms with Crippen LogP contribution in [-0.2, 0) is 16.0 Å². The molecule has 0 aliphatic rings. The van der Waals surface area contributed by atoms with Crippen molar-refractivity contribution < 1.29 is 24.0 Å². The monoisotopic (exact) mass is 243 g/mol. The molecule has 0 aromatic heterocycles. The van der Waals surface area contributed by atoms with Crippen LogP contribution < -0.4 is 0 Å². The first-order chi connectivity index (χ1) is 7.95. The van der Waals surface area contributed by atoms with Crippen LogP contribution in [0.15, 0.2) is 18.2 Å². The smallest absolute Gasteiger partial charge is 0.333 e. The number of carboxylic acid groups (broad SMARTS) is 1. The van der Waals surface area contributed by atoms with E-state index in [2.05, 4.69) is 4.74 Å². The lowest BCUT2D eigenvalue weighted by Crippen LogP contribution is -2.25. The first-order valence-electron chi connectivity index (χ1n) is 4.64. The van der Waals surface area contributed by atoms with Crippen molar-refractivity contribution in [1.82, 2.24) is 0 Å². The number of aliphatic carboxylic acids is 1. The number of methoxy groups -OCH3 is 1. The SMILES string of the molecule is COC(Cc1cc([N+](=O)[O-])ccc1F)C(=O)O. The lowest BCUT2D eigenvalue weighted by molar-refractivity contribution is -0.385. The van der Waals surface area contributed by atoms with Gasteiger partial charge in [-0.1, -0.05) is 0 Å². The molecule has 1 N–H and O–H groups in total. The summed E-state index contributed by atoms with van der Waals surface area (Å²) in [6.45, 7) is 0. The Morgan fingerprint density at radius 3 is 2.76 bits per heavy atom. The molecule has 0 saturated heterocycles. The third-order valence-electron chi connectivity index (χ3n) is 2.21. The number of halogens is 1. The molecule has 0 saturated carbocycles. The van der Waals surface area contributed by atoms with Crippen LogP contribution in [0.3, 0.4) is 0 Å². The molecule has 6 nitrogen and oxygen atoms in total. The van der Waals surface area contributed by atoms with E-state index in [1.54, 1.807) is 0 Å². The van der Waals surface area contributed by atoms with Crippen molar-refractivity contribution in [2.24, 2.45) is 0 Å². The fourth-order valence-corrected chi connectivity index (χ4v) is 1.30. The fraction of sp³-hybridized carbons (Fsp3) is 0.300. The highest BCUT2D eigenvalue weighted by molar-refractivity contribution is 5.72. The summed E-state index contributed by atoms with van der Waals surface area (Å²) in [6.07, 6.45) is -1.49. The molecule has 92 valence electrons. The summed E-state index contributed by atoms with van der Waals surface area (Å²) >= 11 is 0. The molecule has 0 radical (unpaired) electrons. The van der Waals surface area contributed by atoms with Crippen molar-refractivity contribution in [2.45, 2.75) is 12.5 Å². The van der Waals surface area contributed by atoms with Gasteiger partial charge in [0.05, 0.1) is 4.92 Å². The largest absolute Gasteiger partial charge is 0.479 e. The summed E-state index contributed by atoms with van der Waals surface area (Å²) in [5.41, 5.74) is -0.352. The van der Waals surface area contributed by atoms with E-state index in [9.17, 15) is 19.3 Å². The molecule has 0 aliphatic heterocycles. The van der Waals surface area contributed by atoms with Crippen molar-refractivity contribution in [3.05, 3.63) is 39.7 Å². The van der Waals surface area contributed by atoms with Crippen LogP contribution >= 0.6 is 0 Å². The average molecular weight is 243 g/mol. The molecule has 1 unspecified atom stereocenters. The molecular formula is C10H10FNO5. The van der Waals surface area contributed by atoms with Gasteiger partial charge in [-0.05, 0) is 11.6 Å². The fourth-order valence-electron chi connectivity index (χ4n) is 1.30. The summed E-state index contributed by atoms with van der Waals surface area (Å²) < 4.78 is 18.0. The predicted octanol–water partition coefficient (Wildman–Crippen LogP) is 1.38. The van der Waals surface area contributed by atoms with Crippen LogP contribution in [0, 0.1) is 15.9 Å². The molecule has 0 amide bonds. The molecule has 0 bridgehead atoms. The van der Waals surface area contributed by atoms with Gasteiger partial charge >= 0.3 is 5.97 Å². The van der Waals surface area contributed by atoms with Crippen molar-refractivity contribution in [3.8, 4) is 0 Å². The van der Waals surface area contributed by atoms with Crippen molar-refractivity contribution in [3.63, 3.8) is 0 Å². The molecule has 0 fully saturated rings. The Hall–Kier alpha value is -2.02. The number of non-ortho nitro benzene ring substituents is 1. The summed E-state index contributed by atoms with van der Waals surface area (Å²) in [5.74, 6) is -1.95. The lowest BCUT2D eigenvalue weighted by atomic mass is 10.1. The lowest BCUT2D eigenvalue weighted by Gasteiger charge is -2.10. The maximum Gasteiger partial charge on any atom is 0.333 e. The third kappa shape index (κ3) is 3.22. The van der Waals surface area contributed by atoms with Gasteiger partial charge in [0.2, 0.25) is 0 Å². The minimum Gasteiger partial charge on any atom is -0.479 e. The average Bonchev–Trinajstić information content (AvgIpc) is 2.27. The summed E-state index contributed by atoms with van der Waals surface area (Å²) in [6, 6.07) is 2.95. The number of carboxylic acids is 1. The zero-order valence-electron chi connectivity index (χ0n) is 8.92. The summed E-state index contributed by atoms with van der Waals surface area (Å²) in [4.78, 5) is 20.5. The Morgan fingerprint density at radius 2 is 2.29 bits per heavy atom. The van der Waals surface area contributed by atoms with Gasteiger partial charge in [0.1, 0.15) is 5.82 Å². The van der Waals surface area contributed by atoms with E-state index in [0.717, 1.165) is 18.2 Å². The molecule has 7 heteroatoms. The molecule has 1 atom stereocenters. The van der Waals surface area contributed by atoms with Gasteiger partial charge in [-0.2, -0.15) is 0 Å². The Kier molecular flexibility index (Phi) is 4.11. The Balaban J connectivity index is 3.00. The second kappa shape index (κ2) is 5.35. The molecule has 1 rings (SSSR count). The quantitative estimate of drug-likeness (QED) is 0.623. The molecule has 0 spiro atoms. The van der Waals surface area contributed by atoms with E-state index in [0.29, 0.717) is 0 Å². The number of hydrogen-bond acceptors (Lipinski definition) is 4. The van der Waals surface area contributed by atoms with Gasteiger partial charge in [0, 0.05) is 25.7 Å². The number of nitrogens with zero attached hydrogens (tertiary/aromatic N) is 1. The highest BCUT2D eigenvalue weighted by Crippen LogP contribution is 2.18. The third-order valence-corrected chi connectivity index (χ3v) is 2.21.